The minimum absolute atomic E-state index is 0.157. The average molecular weight is 254 g/mol. The molecular formula is C13H16F2N2O. The fourth-order valence-electron chi connectivity index (χ4n) is 2.26. The van der Waals surface area contributed by atoms with E-state index in [1.54, 1.807) is 0 Å². The van der Waals surface area contributed by atoms with Crippen molar-refractivity contribution in [3.05, 3.63) is 29.8 Å². The number of anilines is 1. The van der Waals surface area contributed by atoms with Gasteiger partial charge in [-0.05, 0) is 25.0 Å². The van der Waals surface area contributed by atoms with E-state index >= 15 is 0 Å². The van der Waals surface area contributed by atoms with Gasteiger partial charge >= 0.3 is 0 Å². The second-order valence-corrected chi connectivity index (χ2v) is 4.77. The zero-order valence-corrected chi connectivity index (χ0v) is 10.0. The molecule has 0 aliphatic heterocycles. The van der Waals surface area contributed by atoms with Crippen LogP contribution in [0.15, 0.2) is 18.2 Å². The van der Waals surface area contributed by atoms with Gasteiger partial charge in [0.2, 0.25) is 5.91 Å². The Bertz CT molecular complexity index is 456. The maximum atomic E-state index is 13.4. The predicted molar refractivity (Wildman–Crippen MR) is 65.0 cm³/mol. The highest BCUT2D eigenvalue weighted by Crippen LogP contribution is 2.27. The fraction of sp³-hybridized carbons (Fsp3) is 0.462. The molecule has 2 rings (SSSR count). The fourth-order valence-corrected chi connectivity index (χ4v) is 2.26. The van der Waals surface area contributed by atoms with Crippen molar-refractivity contribution in [1.29, 1.82) is 0 Å². The number of hydrogen-bond acceptors (Lipinski definition) is 2. The number of amides is 1. The van der Waals surface area contributed by atoms with Crippen LogP contribution in [0.4, 0.5) is 14.5 Å². The molecule has 0 atom stereocenters. The van der Waals surface area contributed by atoms with E-state index in [0.29, 0.717) is 12.8 Å². The maximum Gasteiger partial charge on any atom is 0.244 e. The van der Waals surface area contributed by atoms with Crippen LogP contribution in [0, 0.1) is 11.6 Å². The summed E-state index contributed by atoms with van der Waals surface area (Å²) in [4.78, 5) is 12.0. The molecule has 1 saturated carbocycles. The average Bonchev–Trinajstić information content (AvgIpc) is 2.36. The van der Waals surface area contributed by atoms with Gasteiger partial charge in [-0.3, -0.25) is 4.79 Å². The van der Waals surface area contributed by atoms with Gasteiger partial charge in [0.05, 0.1) is 11.2 Å². The normalized spacial score (nSPS) is 18.4. The molecule has 1 fully saturated rings. The second-order valence-electron chi connectivity index (χ2n) is 4.77. The van der Waals surface area contributed by atoms with Crippen molar-refractivity contribution in [1.82, 2.24) is 0 Å². The molecule has 0 aromatic heterocycles. The van der Waals surface area contributed by atoms with Crippen LogP contribution in [-0.4, -0.2) is 11.4 Å². The molecule has 1 aliphatic carbocycles. The van der Waals surface area contributed by atoms with E-state index in [2.05, 4.69) is 5.32 Å². The summed E-state index contributed by atoms with van der Waals surface area (Å²) in [6, 6.07) is 3.67. The third-order valence-corrected chi connectivity index (χ3v) is 3.40. The molecule has 0 spiro atoms. The van der Waals surface area contributed by atoms with Crippen LogP contribution >= 0.6 is 0 Å². The van der Waals surface area contributed by atoms with Crippen molar-refractivity contribution in [2.24, 2.45) is 5.73 Å². The van der Waals surface area contributed by atoms with Crippen LogP contribution in [-0.2, 0) is 4.79 Å². The van der Waals surface area contributed by atoms with E-state index in [1.165, 1.54) is 12.1 Å². The molecule has 1 amide bonds. The standard InChI is InChI=1S/C13H16F2N2O/c14-9-5-4-6-10(11(9)15)17-12(18)13(16)7-2-1-3-8-13/h4-6H,1-3,7-8,16H2,(H,17,18). The maximum absolute atomic E-state index is 13.4. The van der Waals surface area contributed by atoms with Gasteiger partial charge in [-0.1, -0.05) is 25.3 Å². The lowest BCUT2D eigenvalue weighted by molar-refractivity contribution is -0.122. The van der Waals surface area contributed by atoms with Crippen molar-refractivity contribution in [2.75, 3.05) is 5.32 Å². The first kappa shape index (κ1) is 13.0. The van der Waals surface area contributed by atoms with Crippen molar-refractivity contribution in [2.45, 2.75) is 37.6 Å². The van der Waals surface area contributed by atoms with Crippen molar-refractivity contribution < 1.29 is 13.6 Å². The zero-order chi connectivity index (χ0) is 13.2. The molecular weight excluding hydrogens is 238 g/mol. The molecule has 0 radical (unpaired) electrons. The monoisotopic (exact) mass is 254 g/mol. The van der Waals surface area contributed by atoms with Crippen LogP contribution in [0.2, 0.25) is 0 Å². The molecule has 5 heteroatoms. The molecule has 1 aromatic carbocycles. The SMILES string of the molecule is NC1(C(=O)Nc2cccc(F)c2F)CCCCC1. The molecule has 98 valence electrons. The van der Waals surface area contributed by atoms with E-state index in [9.17, 15) is 13.6 Å². The van der Waals surface area contributed by atoms with Gasteiger partial charge in [0.15, 0.2) is 11.6 Å². The van der Waals surface area contributed by atoms with Crippen LogP contribution < -0.4 is 11.1 Å². The zero-order valence-electron chi connectivity index (χ0n) is 10.0. The Hall–Kier alpha value is -1.49. The smallest absolute Gasteiger partial charge is 0.244 e. The Morgan fingerprint density at radius 1 is 1.22 bits per heavy atom. The molecule has 1 aromatic rings. The van der Waals surface area contributed by atoms with Crippen molar-refractivity contribution >= 4 is 11.6 Å². The molecule has 0 unspecified atom stereocenters. The number of nitrogens with two attached hydrogens (primary N) is 1. The highest BCUT2D eigenvalue weighted by Gasteiger charge is 2.35. The number of hydrogen-bond donors (Lipinski definition) is 2. The number of benzene rings is 1. The molecule has 1 aliphatic rings. The van der Waals surface area contributed by atoms with Crippen LogP contribution in [0.3, 0.4) is 0 Å². The van der Waals surface area contributed by atoms with Gasteiger partial charge in [-0.15, -0.1) is 0 Å². The summed E-state index contributed by atoms with van der Waals surface area (Å²) in [6.07, 6.45) is 3.98. The summed E-state index contributed by atoms with van der Waals surface area (Å²) in [5, 5.41) is 2.38. The van der Waals surface area contributed by atoms with Gasteiger partial charge in [0.25, 0.3) is 0 Å². The molecule has 3 N–H and O–H groups in total. The summed E-state index contributed by atoms with van der Waals surface area (Å²) in [7, 11) is 0. The van der Waals surface area contributed by atoms with Gasteiger partial charge < -0.3 is 11.1 Å². The van der Waals surface area contributed by atoms with Gasteiger partial charge in [-0.25, -0.2) is 8.78 Å². The Morgan fingerprint density at radius 3 is 2.56 bits per heavy atom. The van der Waals surface area contributed by atoms with Crippen LogP contribution in [0.1, 0.15) is 32.1 Å². The molecule has 0 heterocycles. The first-order valence-electron chi connectivity index (χ1n) is 6.07. The summed E-state index contributed by atoms with van der Waals surface area (Å²) in [6.45, 7) is 0. The van der Waals surface area contributed by atoms with Crippen molar-refractivity contribution in [3.63, 3.8) is 0 Å². The highest BCUT2D eigenvalue weighted by molar-refractivity contribution is 5.98. The quantitative estimate of drug-likeness (QED) is 0.852. The minimum Gasteiger partial charge on any atom is -0.322 e. The molecule has 0 bridgehead atoms. The van der Waals surface area contributed by atoms with Gasteiger partial charge in [0.1, 0.15) is 0 Å². The minimum atomic E-state index is -1.05. The van der Waals surface area contributed by atoms with Crippen LogP contribution in [0.25, 0.3) is 0 Å². The summed E-state index contributed by atoms with van der Waals surface area (Å²) in [5.74, 6) is -2.47. The number of nitrogens with one attached hydrogen (secondary N) is 1. The van der Waals surface area contributed by atoms with E-state index < -0.39 is 23.1 Å². The van der Waals surface area contributed by atoms with E-state index in [-0.39, 0.29) is 5.69 Å². The first-order chi connectivity index (χ1) is 8.53. The lowest BCUT2D eigenvalue weighted by atomic mass is 9.82. The number of carbonyl (C=O) groups excluding carboxylic acids is 1. The molecule has 0 saturated heterocycles. The second kappa shape index (κ2) is 5.02. The highest BCUT2D eigenvalue weighted by atomic mass is 19.2. The summed E-state index contributed by atoms with van der Waals surface area (Å²) in [5.41, 5.74) is 4.89. The summed E-state index contributed by atoms with van der Waals surface area (Å²) < 4.78 is 26.4. The van der Waals surface area contributed by atoms with E-state index in [1.807, 2.05) is 0 Å². The third kappa shape index (κ3) is 2.51. The van der Waals surface area contributed by atoms with Crippen molar-refractivity contribution in [3.8, 4) is 0 Å². The largest absolute Gasteiger partial charge is 0.322 e. The van der Waals surface area contributed by atoms with Gasteiger partial charge in [0, 0.05) is 0 Å². The number of halogens is 2. The van der Waals surface area contributed by atoms with Crippen LogP contribution in [0.5, 0.6) is 0 Å². The molecule has 18 heavy (non-hydrogen) atoms. The number of carbonyl (C=O) groups is 1. The molecule has 3 nitrogen and oxygen atoms in total. The number of rotatable bonds is 2. The Labute approximate surface area is 104 Å². The lowest BCUT2D eigenvalue weighted by Crippen LogP contribution is -2.52. The summed E-state index contributed by atoms with van der Waals surface area (Å²) >= 11 is 0. The Morgan fingerprint density at radius 2 is 1.89 bits per heavy atom. The van der Waals surface area contributed by atoms with Gasteiger partial charge in [-0.2, -0.15) is 0 Å². The topological polar surface area (TPSA) is 55.1 Å². The third-order valence-electron chi connectivity index (χ3n) is 3.40. The Balaban J connectivity index is 2.13. The lowest BCUT2D eigenvalue weighted by Gasteiger charge is -2.31. The predicted octanol–water partition coefficient (Wildman–Crippen LogP) is 2.56. The van der Waals surface area contributed by atoms with E-state index in [4.69, 9.17) is 5.73 Å². The van der Waals surface area contributed by atoms with E-state index in [0.717, 1.165) is 25.3 Å². The Kier molecular flexibility index (Phi) is 3.61. The first-order valence-corrected chi connectivity index (χ1v) is 6.07.